The quantitative estimate of drug-likeness (QED) is 0.795. The molecule has 1 saturated carbocycles. The van der Waals surface area contributed by atoms with E-state index in [-0.39, 0.29) is 11.3 Å². The predicted octanol–water partition coefficient (Wildman–Crippen LogP) is 3.81. The molecule has 0 bridgehead atoms. The van der Waals surface area contributed by atoms with Crippen molar-refractivity contribution in [2.75, 3.05) is 13.1 Å². The van der Waals surface area contributed by atoms with Crippen molar-refractivity contribution >= 4 is 10.0 Å². The number of hydrogen-bond donors (Lipinski definition) is 0. The van der Waals surface area contributed by atoms with Gasteiger partial charge in [-0.05, 0) is 48.8 Å². The molecule has 6 nitrogen and oxygen atoms in total. The first-order valence-electron chi connectivity index (χ1n) is 9.69. The molecule has 2 aliphatic rings. The molecule has 1 aromatic carbocycles. The van der Waals surface area contributed by atoms with Crippen LogP contribution in [0.4, 0.5) is 0 Å². The maximum atomic E-state index is 13.0. The standard InChI is InChI=1S/C20H27N3O3S/c1-20(2,3)16-6-8-17(9-7-16)27(24,25)23-12-10-15(11-13-23)19-22-21-18(26-19)14-4-5-14/h6-9,14-15H,4-5,10-13H2,1-3H3. The van der Waals surface area contributed by atoms with Gasteiger partial charge in [0.15, 0.2) is 0 Å². The van der Waals surface area contributed by atoms with Crippen molar-refractivity contribution in [2.45, 2.75) is 68.6 Å². The van der Waals surface area contributed by atoms with Gasteiger partial charge in [-0.25, -0.2) is 8.42 Å². The Kier molecular flexibility index (Phi) is 4.63. The van der Waals surface area contributed by atoms with Gasteiger partial charge in [-0.3, -0.25) is 0 Å². The summed E-state index contributed by atoms with van der Waals surface area (Å²) in [5.74, 6) is 2.02. The second kappa shape index (κ2) is 6.71. The molecule has 0 radical (unpaired) electrons. The van der Waals surface area contributed by atoms with Crippen molar-refractivity contribution < 1.29 is 12.8 Å². The molecule has 2 aromatic rings. The fraction of sp³-hybridized carbons (Fsp3) is 0.600. The van der Waals surface area contributed by atoms with Gasteiger partial charge in [0.05, 0.1) is 4.90 Å². The van der Waals surface area contributed by atoms with Crippen LogP contribution in [0.25, 0.3) is 0 Å². The summed E-state index contributed by atoms with van der Waals surface area (Å²) >= 11 is 0. The molecule has 0 unspecified atom stereocenters. The van der Waals surface area contributed by atoms with Crippen molar-refractivity contribution in [3.8, 4) is 0 Å². The van der Waals surface area contributed by atoms with Crippen LogP contribution in [0.1, 0.15) is 75.6 Å². The molecular weight excluding hydrogens is 362 g/mol. The van der Waals surface area contributed by atoms with Crippen LogP contribution in [0.3, 0.4) is 0 Å². The van der Waals surface area contributed by atoms with Gasteiger partial charge in [0.2, 0.25) is 21.8 Å². The summed E-state index contributed by atoms with van der Waals surface area (Å²) in [6.07, 6.45) is 3.69. The van der Waals surface area contributed by atoms with Crippen LogP contribution < -0.4 is 0 Å². The zero-order valence-corrected chi connectivity index (χ0v) is 17.0. The third-order valence-electron chi connectivity index (χ3n) is 5.54. The van der Waals surface area contributed by atoms with Crippen LogP contribution in [0.15, 0.2) is 33.6 Å². The van der Waals surface area contributed by atoms with Gasteiger partial charge in [0.25, 0.3) is 0 Å². The van der Waals surface area contributed by atoms with E-state index >= 15 is 0 Å². The number of hydrogen-bond acceptors (Lipinski definition) is 5. The Balaban J connectivity index is 1.43. The van der Waals surface area contributed by atoms with E-state index in [2.05, 4.69) is 31.0 Å². The molecule has 0 spiro atoms. The number of rotatable bonds is 4. The SMILES string of the molecule is CC(C)(C)c1ccc(S(=O)(=O)N2CCC(c3nnc(C4CC4)o3)CC2)cc1. The Hall–Kier alpha value is -1.73. The van der Waals surface area contributed by atoms with Crippen molar-refractivity contribution in [2.24, 2.45) is 0 Å². The van der Waals surface area contributed by atoms with E-state index in [1.165, 1.54) is 0 Å². The van der Waals surface area contributed by atoms with Crippen molar-refractivity contribution in [1.29, 1.82) is 0 Å². The lowest BCUT2D eigenvalue weighted by atomic mass is 9.87. The molecule has 146 valence electrons. The molecule has 1 aromatic heterocycles. The van der Waals surface area contributed by atoms with Crippen LogP contribution in [0, 0.1) is 0 Å². The summed E-state index contributed by atoms with van der Waals surface area (Å²) in [7, 11) is -3.46. The lowest BCUT2D eigenvalue weighted by Crippen LogP contribution is -2.38. The first-order chi connectivity index (χ1) is 12.7. The highest BCUT2D eigenvalue weighted by Crippen LogP contribution is 2.40. The molecule has 1 aliphatic carbocycles. The summed E-state index contributed by atoms with van der Waals surface area (Å²) in [6, 6.07) is 7.28. The summed E-state index contributed by atoms with van der Waals surface area (Å²) < 4.78 is 33.3. The molecule has 0 atom stereocenters. The minimum atomic E-state index is -3.46. The molecular formula is C20H27N3O3S. The van der Waals surface area contributed by atoms with E-state index in [9.17, 15) is 8.42 Å². The number of aromatic nitrogens is 2. The van der Waals surface area contributed by atoms with Gasteiger partial charge < -0.3 is 4.42 Å². The Morgan fingerprint density at radius 2 is 1.44 bits per heavy atom. The summed E-state index contributed by atoms with van der Waals surface area (Å²) in [6.45, 7) is 7.32. The minimum Gasteiger partial charge on any atom is -0.425 e. The largest absolute Gasteiger partial charge is 0.425 e. The average molecular weight is 390 g/mol. The topological polar surface area (TPSA) is 76.3 Å². The van der Waals surface area contributed by atoms with E-state index in [1.807, 2.05) is 12.1 Å². The second-order valence-electron chi connectivity index (χ2n) is 8.71. The Labute approximate surface area is 161 Å². The van der Waals surface area contributed by atoms with Gasteiger partial charge in [-0.2, -0.15) is 4.31 Å². The number of sulfonamides is 1. The lowest BCUT2D eigenvalue weighted by Gasteiger charge is -2.29. The van der Waals surface area contributed by atoms with Crippen molar-refractivity contribution in [3.63, 3.8) is 0 Å². The molecule has 1 aliphatic heterocycles. The molecule has 0 amide bonds. The normalized spacial score (nSPS) is 20.1. The molecule has 0 N–H and O–H groups in total. The smallest absolute Gasteiger partial charge is 0.243 e. The van der Waals surface area contributed by atoms with E-state index in [0.29, 0.717) is 42.6 Å². The van der Waals surface area contributed by atoms with Crippen LogP contribution >= 0.6 is 0 Å². The summed E-state index contributed by atoms with van der Waals surface area (Å²) in [4.78, 5) is 0.364. The van der Waals surface area contributed by atoms with Gasteiger partial charge >= 0.3 is 0 Å². The number of piperidine rings is 1. The van der Waals surface area contributed by atoms with Crippen LogP contribution in [-0.4, -0.2) is 36.0 Å². The number of nitrogens with zero attached hydrogens (tertiary/aromatic N) is 3. The highest BCUT2D eigenvalue weighted by Gasteiger charge is 2.34. The van der Waals surface area contributed by atoms with Crippen LogP contribution in [0.2, 0.25) is 0 Å². The van der Waals surface area contributed by atoms with Gasteiger partial charge in [0.1, 0.15) is 0 Å². The first kappa shape index (κ1) is 18.6. The monoisotopic (exact) mass is 389 g/mol. The molecule has 27 heavy (non-hydrogen) atoms. The molecule has 1 saturated heterocycles. The van der Waals surface area contributed by atoms with Crippen molar-refractivity contribution in [1.82, 2.24) is 14.5 Å². The first-order valence-corrected chi connectivity index (χ1v) is 11.1. The maximum Gasteiger partial charge on any atom is 0.243 e. The highest BCUT2D eigenvalue weighted by molar-refractivity contribution is 7.89. The average Bonchev–Trinajstić information content (AvgIpc) is 3.38. The fourth-order valence-corrected chi connectivity index (χ4v) is 5.00. The van der Waals surface area contributed by atoms with E-state index in [4.69, 9.17) is 4.42 Å². The third-order valence-corrected chi connectivity index (χ3v) is 7.46. The molecule has 2 heterocycles. The summed E-state index contributed by atoms with van der Waals surface area (Å²) in [5, 5.41) is 8.34. The third kappa shape index (κ3) is 3.80. The maximum absolute atomic E-state index is 13.0. The number of benzene rings is 1. The Morgan fingerprint density at radius 1 is 0.926 bits per heavy atom. The summed E-state index contributed by atoms with van der Waals surface area (Å²) in [5.41, 5.74) is 1.13. The fourth-order valence-electron chi connectivity index (χ4n) is 3.53. The van der Waals surface area contributed by atoms with E-state index in [1.54, 1.807) is 16.4 Å². The van der Waals surface area contributed by atoms with Gasteiger partial charge in [-0.15, -0.1) is 10.2 Å². The predicted molar refractivity (Wildman–Crippen MR) is 102 cm³/mol. The molecule has 4 rings (SSSR count). The van der Waals surface area contributed by atoms with Gasteiger partial charge in [0, 0.05) is 24.9 Å². The van der Waals surface area contributed by atoms with E-state index < -0.39 is 10.0 Å². The Morgan fingerprint density at radius 3 is 1.93 bits per heavy atom. The van der Waals surface area contributed by atoms with E-state index in [0.717, 1.165) is 24.3 Å². The highest BCUT2D eigenvalue weighted by atomic mass is 32.2. The Bertz CT molecular complexity index is 901. The van der Waals surface area contributed by atoms with Crippen LogP contribution in [0.5, 0.6) is 0 Å². The second-order valence-corrected chi connectivity index (χ2v) is 10.6. The van der Waals surface area contributed by atoms with Crippen LogP contribution in [-0.2, 0) is 15.4 Å². The zero-order chi connectivity index (χ0) is 19.2. The zero-order valence-electron chi connectivity index (χ0n) is 16.2. The lowest BCUT2D eigenvalue weighted by molar-refractivity contribution is 0.286. The molecule has 7 heteroatoms. The van der Waals surface area contributed by atoms with Crippen molar-refractivity contribution in [3.05, 3.63) is 41.6 Å². The molecule has 2 fully saturated rings. The minimum absolute atomic E-state index is 0.00400. The van der Waals surface area contributed by atoms with Gasteiger partial charge in [-0.1, -0.05) is 32.9 Å².